The minimum Gasteiger partial charge on any atom is -0.493 e. The first kappa shape index (κ1) is 17.2. The van der Waals surface area contributed by atoms with Gasteiger partial charge in [0.2, 0.25) is 5.88 Å². The summed E-state index contributed by atoms with van der Waals surface area (Å²) in [6, 6.07) is 5.82. The van der Waals surface area contributed by atoms with Gasteiger partial charge in [0.05, 0.1) is 11.4 Å². The lowest BCUT2D eigenvalue weighted by Crippen LogP contribution is -2.30. The molecule has 24 heavy (non-hydrogen) atoms. The Kier molecular flexibility index (Phi) is 4.98. The van der Waals surface area contributed by atoms with E-state index in [2.05, 4.69) is 11.8 Å². The third-order valence-electron chi connectivity index (χ3n) is 3.55. The van der Waals surface area contributed by atoms with Crippen molar-refractivity contribution in [1.82, 2.24) is 9.13 Å². The Labute approximate surface area is 137 Å². The summed E-state index contributed by atoms with van der Waals surface area (Å²) < 4.78 is 6.56. The quantitative estimate of drug-likeness (QED) is 0.670. The van der Waals surface area contributed by atoms with Crippen LogP contribution in [-0.4, -0.2) is 26.9 Å². The van der Waals surface area contributed by atoms with Crippen molar-refractivity contribution in [2.45, 2.75) is 19.9 Å². The molecule has 2 aromatic rings. The van der Waals surface area contributed by atoms with Crippen molar-refractivity contribution in [2.24, 2.45) is 5.18 Å². The number of benzene rings is 1. The number of aromatic nitrogens is 2. The molecule has 8 heteroatoms. The number of nitroso groups, excluding NO2 is 1. The van der Waals surface area contributed by atoms with E-state index in [1.807, 2.05) is 0 Å². The number of imidazole rings is 1. The molecule has 0 aliphatic heterocycles. The summed E-state index contributed by atoms with van der Waals surface area (Å²) in [6.07, 6.45) is 0.470. The molecule has 0 fully saturated rings. The largest absolute Gasteiger partial charge is 0.493 e. The molecule has 0 spiro atoms. The molecule has 1 unspecified atom stereocenters. The van der Waals surface area contributed by atoms with E-state index in [4.69, 9.17) is 4.74 Å². The van der Waals surface area contributed by atoms with Crippen LogP contribution in [0.15, 0.2) is 46.9 Å². The van der Waals surface area contributed by atoms with Crippen molar-refractivity contribution in [2.75, 3.05) is 6.61 Å². The average Bonchev–Trinajstić information content (AvgIpc) is 2.81. The summed E-state index contributed by atoms with van der Waals surface area (Å²) >= 11 is 0. The van der Waals surface area contributed by atoms with Crippen LogP contribution in [0.1, 0.15) is 24.2 Å². The van der Waals surface area contributed by atoms with Gasteiger partial charge in [0.1, 0.15) is 12.6 Å². The van der Waals surface area contributed by atoms with Gasteiger partial charge in [-0.25, -0.2) is 14.2 Å². The van der Waals surface area contributed by atoms with E-state index in [1.54, 1.807) is 31.2 Å². The van der Waals surface area contributed by atoms with Crippen molar-refractivity contribution in [3.8, 4) is 11.6 Å². The molecular weight excluding hydrogens is 314 g/mol. The molecule has 1 N–H and O–H groups in total. The van der Waals surface area contributed by atoms with E-state index in [0.29, 0.717) is 11.3 Å². The normalized spacial score (nSPS) is 11.8. The first-order valence-corrected chi connectivity index (χ1v) is 7.16. The first-order valence-electron chi connectivity index (χ1n) is 7.16. The molecule has 0 bridgehead atoms. The number of nitrogens with zero attached hydrogens (tertiary/aromatic N) is 3. The van der Waals surface area contributed by atoms with Crippen LogP contribution in [0.2, 0.25) is 0 Å². The predicted molar refractivity (Wildman–Crippen MR) is 87.6 cm³/mol. The van der Waals surface area contributed by atoms with Crippen LogP contribution in [0.3, 0.4) is 0 Å². The fourth-order valence-corrected chi connectivity index (χ4v) is 2.20. The highest BCUT2D eigenvalue weighted by Crippen LogP contribution is 2.22. The number of aromatic hydroxyl groups is 1. The van der Waals surface area contributed by atoms with E-state index >= 15 is 0 Å². The predicted octanol–water partition coefficient (Wildman–Crippen LogP) is 2.65. The van der Waals surface area contributed by atoms with Gasteiger partial charge in [-0.3, -0.25) is 0 Å². The van der Waals surface area contributed by atoms with Crippen LogP contribution in [0.25, 0.3) is 5.69 Å². The smallest absolute Gasteiger partial charge is 0.422 e. The molecule has 0 aliphatic rings. The molecule has 1 aromatic heterocycles. The molecule has 0 saturated heterocycles. The van der Waals surface area contributed by atoms with Gasteiger partial charge >= 0.3 is 11.8 Å². The maximum atomic E-state index is 12.5. The lowest BCUT2D eigenvalue weighted by Gasteiger charge is -2.06. The highest BCUT2D eigenvalue weighted by atomic mass is 16.5. The maximum absolute atomic E-state index is 12.5. The van der Waals surface area contributed by atoms with E-state index in [1.165, 1.54) is 13.0 Å². The molecule has 0 radical (unpaired) electrons. The molecule has 126 valence electrons. The Balaban J connectivity index is 2.48. The molecule has 1 heterocycles. The van der Waals surface area contributed by atoms with Crippen molar-refractivity contribution in [1.29, 1.82) is 0 Å². The summed E-state index contributed by atoms with van der Waals surface area (Å²) in [6.45, 7) is 6.43. The van der Waals surface area contributed by atoms with Crippen LogP contribution >= 0.6 is 0 Å². The third-order valence-corrected chi connectivity index (χ3v) is 3.55. The number of rotatable bonds is 5. The van der Waals surface area contributed by atoms with Gasteiger partial charge in [-0.2, -0.15) is 9.47 Å². The van der Waals surface area contributed by atoms with Crippen LogP contribution in [0.5, 0.6) is 5.88 Å². The lowest BCUT2D eigenvalue weighted by atomic mass is 10.1. The summed E-state index contributed by atoms with van der Waals surface area (Å²) in [7, 11) is 0. The van der Waals surface area contributed by atoms with Crippen LogP contribution in [0.4, 0.5) is 4.79 Å². The second-order valence-corrected chi connectivity index (χ2v) is 5.10. The molecular formula is C16H17N3O5. The number of carbonyl (C=O) groups is 1. The van der Waals surface area contributed by atoms with Crippen molar-refractivity contribution >= 4 is 6.09 Å². The lowest BCUT2D eigenvalue weighted by molar-refractivity contribution is 0.158. The topological polar surface area (TPSA) is 103 Å². The fourth-order valence-electron chi connectivity index (χ4n) is 2.20. The van der Waals surface area contributed by atoms with Gasteiger partial charge in [-0.15, -0.1) is 0 Å². The zero-order valence-corrected chi connectivity index (χ0v) is 13.3. The second kappa shape index (κ2) is 6.95. The molecule has 2 rings (SSSR count). The van der Waals surface area contributed by atoms with Crippen LogP contribution < -0.4 is 5.69 Å². The summed E-state index contributed by atoms with van der Waals surface area (Å²) in [5.74, 6) is -0.370. The van der Waals surface area contributed by atoms with Crippen molar-refractivity contribution in [3.05, 3.63) is 63.6 Å². The maximum Gasteiger partial charge on any atom is 0.422 e. The molecule has 0 saturated carbocycles. The third kappa shape index (κ3) is 2.98. The average molecular weight is 331 g/mol. The summed E-state index contributed by atoms with van der Waals surface area (Å²) in [4.78, 5) is 35.0. The molecule has 8 nitrogen and oxygen atoms in total. The fraction of sp³-hybridized carbons (Fsp3) is 0.250. The SMILES string of the molecule is C=CCOC(=O)n1c(C)c(O)n(-c2ccc(C(C)N=O)cc2)c1=O. The van der Waals surface area contributed by atoms with Gasteiger partial charge in [0, 0.05) is 0 Å². The van der Waals surface area contributed by atoms with Gasteiger partial charge in [0.25, 0.3) is 0 Å². The standard InChI is InChI=1S/C16H17N3O5/c1-4-9-24-16(22)18-11(3)14(20)19(15(18)21)13-7-5-12(6-8-13)10(2)17-23/h4-8,10,20H,1,9H2,2-3H3. The van der Waals surface area contributed by atoms with Gasteiger partial charge < -0.3 is 9.84 Å². The minimum absolute atomic E-state index is 0.0536. The van der Waals surface area contributed by atoms with E-state index in [0.717, 1.165) is 9.13 Å². The van der Waals surface area contributed by atoms with E-state index in [-0.39, 0.29) is 18.2 Å². The van der Waals surface area contributed by atoms with E-state index in [9.17, 15) is 19.6 Å². The second-order valence-electron chi connectivity index (χ2n) is 5.10. The Hall–Kier alpha value is -3.16. The van der Waals surface area contributed by atoms with Gasteiger partial charge in [-0.05, 0) is 31.5 Å². The zero-order chi connectivity index (χ0) is 17.9. The summed E-state index contributed by atoms with van der Waals surface area (Å²) in [5.41, 5.74) is 0.315. The molecule has 0 amide bonds. The van der Waals surface area contributed by atoms with Crippen LogP contribution in [0, 0.1) is 11.8 Å². The van der Waals surface area contributed by atoms with Crippen molar-refractivity contribution in [3.63, 3.8) is 0 Å². The Morgan fingerprint density at radius 1 is 1.42 bits per heavy atom. The Morgan fingerprint density at radius 2 is 2.04 bits per heavy atom. The number of hydrogen-bond donors (Lipinski definition) is 1. The summed E-state index contributed by atoms with van der Waals surface area (Å²) in [5, 5.41) is 13.1. The number of carbonyl (C=O) groups excluding carboxylic acids is 1. The minimum atomic E-state index is -0.901. The van der Waals surface area contributed by atoms with E-state index < -0.39 is 17.8 Å². The molecule has 0 aliphatic carbocycles. The number of ether oxygens (including phenoxy) is 1. The first-order chi connectivity index (χ1) is 11.4. The van der Waals surface area contributed by atoms with Crippen LogP contribution in [-0.2, 0) is 4.74 Å². The number of hydrogen-bond acceptors (Lipinski definition) is 6. The zero-order valence-electron chi connectivity index (χ0n) is 13.3. The van der Waals surface area contributed by atoms with Gasteiger partial charge in [-0.1, -0.05) is 30.0 Å². The highest BCUT2D eigenvalue weighted by molar-refractivity contribution is 5.72. The highest BCUT2D eigenvalue weighted by Gasteiger charge is 2.23. The molecule has 1 atom stereocenters. The monoisotopic (exact) mass is 331 g/mol. The Bertz CT molecular complexity index is 833. The van der Waals surface area contributed by atoms with Crippen molar-refractivity contribution < 1.29 is 14.6 Å². The Morgan fingerprint density at radius 3 is 2.58 bits per heavy atom. The molecule has 1 aromatic carbocycles. The van der Waals surface area contributed by atoms with Gasteiger partial charge in [0.15, 0.2) is 0 Å².